The number of carbonyl (C=O) groups is 1. The van der Waals surface area contributed by atoms with Crippen molar-refractivity contribution >= 4 is 22.4 Å². The van der Waals surface area contributed by atoms with Gasteiger partial charge in [-0.25, -0.2) is 0 Å². The van der Waals surface area contributed by atoms with E-state index in [1.807, 2.05) is 0 Å². The Labute approximate surface area is 197 Å². The number of benzene rings is 4. The first kappa shape index (κ1) is 23.4. The molecule has 0 aromatic heterocycles. The summed E-state index contributed by atoms with van der Waals surface area (Å²) in [6.07, 6.45) is -5.04. The first-order valence-corrected chi connectivity index (χ1v) is 10.2. The number of anilines is 1. The van der Waals surface area contributed by atoms with Crippen molar-refractivity contribution in [3.05, 3.63) is 83.9 Å². The Morgan fingerprint density at radius 3 is 2.43 bits per heavy atom. The maximum Gasteiger partial charge on any atom is 0.573 e. The molecule has 0 bridgehead atoms. The molecule has 0 saturated carbocycles. The molecule has 9 heteroatoms. The zero-order valence-corrected chi connectivity index (χ0v) is 18.2. The van der Waals surface area contributed by atoms with Gasteiger partial charge in [0.05, 0.1) is 30.0 Å². The number of hydrogen-bond acceptors (Lipinski definition) is 5. The molecule has 4 rings (SSSR count). The molecular formula is C26H17F3N2O4. The topological polar surface area (TPSA) is 91.6 Å². The van der Waals surface area contributed by atoms with Crippen LogP contribution in [0.1, 0.15) is 15.9 Å². The average Bonchev–Trinajstić information content (AvgIpc) is 2.84. The van der Waals surface area contributed by atoms with Crippen molar-refractivity contribution in [2.24, 2.45) is 0 Å². The van der Waals surface area contributed by atoms with Gasteiger partial charge in [-0.2, -0.15) is 5.26 Å². The van der Waals surface area contributed by atoms with E-state index in [0.29, 0.717) is 27.6 Å². The van der Waals surface area contributed by atoms with Gasteiger partial charge in [-0.05, 0) is 46.8 Å². The van der Waals surface area contributed by atoms with Crippen LogP contribution in [0.15, 0.2) is 72.8 Å². The third-order valence-corrected chi connectivity index (χ3v) is 5.23. The van der Waals surface area contributed by atoms with E-state index in [4.69, 9.17) is 10.00 Å². The number of hydrogen-bond donors (Lipinski definition) is 2. The quantitative estimate of drug-likeness (QED) is 0.354. The molecule has 0 heterocycles. The number of ether oxygens (including phenoxy) is 2. The van der Waals surface area contributed by atoms with Crippen molar-refractivity contribution in [1.29, 1.82) is 5.26 Å². The van der Waals surface area contributed by atoms with Gasteiger partial charge in [-0.1, -0.05) is 36.4 Å². The second-order valence-electron chi connectivity index (χ2n) is 7.42. The maximum atomic E-state index is 13.2. The van der Waals surface area contributed by atoms with Crippen LogP contribution in [0.2, 0.25) is 0 Å². The fraction of sp³-hybridized carbons (Fsp3) is 0.0769. The fourth-order valence-electron chi connectivity index (χ4n) is 3.66. The second kappa shape index (κ2) is 9.27. The molecule has 0 unspecified atom stereocenters. The number of methoxy groups -OCH3 is 1. The number of aromatic hydroxyl groups is 1. The van der Waals surface area contributed by atoms with E-state index in [9.17, 15) is 23.1 Å². The second-order valence-corrected chi connectivity index (χ2v) is 7.42. The highest BCUT2D eigenvalue weighted by Gasteiger charge is 2.32. The maximum absolute atomic E-state index is 13.2. The summed E-state index contributed by atoms with van der Waals surface area (Å²) in [6.45, 7) is 0. The van der Waals surface area contributed by atoms with Crippen molar-refractivity contribution in [3.63, 3.8) is 0 Å². The molecular weight excluding hydrogens is 461 g/mol. The minimum atomic E-state index is -5.04. The highest BCUT2D eigenvalue weighted by atomic mass is 19.4. The van der Waals surface area contributed by atoms with Crippen molar-refractivity contribution < 1.29 is 32.5 Å². The highest BCUT2D eigenvalue weighted by molar-refractivity contribution is 6.13. The predicted octanol–water partition coefficient (Wildman–Crippen LogP) is 6.24. The van der Waals surface area contributed by atoms with Gasteiger partial charge < -0.3 is 19.9 Å². The first-order chi connectivity index (χ1) is 16.7. The van der Waals surface area contributed by atoms with Gasteiger partial charge in [0.15, 0.2) is 5.75 Å². The van der Waals surface area contributed by atoms with Crippen molar-refractivity contribution in [2.45, 2.75) is 6.36 Å². The first-order valence-electron chi connectivity index (χ1n) is 10.2. The summed E-state index contributed by atoms with van der Waals surface area (Å²) >= 11 is 0. The zero-order chi connectivity index (χ0) is 25.2. The third kappa shape index (κ3) is 4.96. The molecule has 35 heavy (non-hydrogen) atoms. The van der Waals surface area contributed by atoms with Crippen LogP contribution in [0.5, 0.6) is 17.2 Å². The van der Waals surface area contributed by atoms with Crippen LogP contribution >= 0.6 is 0 Å². The SMILES string of the molecule is COc1cccc(-c2cc(C(=O)Nc3ccc(C#N)cc3OC(F)(F)F)c(O)c3ccccc23)c1. The van der Waals surface area contributed by atoms with Crippen LogP contribution in [0.25, 0.3) is 21.9 Å². The third-order valence-electron chi connectivity index (χ3n) is 5.23. The van der Waals surface area contributed by atoms with Crippen molar-refractivity contribution in [3.8, 4) is 34.4 Å². The predicted molar refractivity (Wildman–Crippen MR) is 123 cm³/mol. The molecule has 0 spiro atoms. The molecule has 1 amide bonds. The summed E-state index contributed by atoms with van der Waals surface area (Å²) in [5.74, 6) is -1.37. The fourth-order valence-corrected chi connectivity index (χ4v) is 3.66. The zero-order valence-electron chi connectivity index (χ0n) is 18.2. The number of phenolic OH excluding ortho intramolecular Hbond substituents is 1. The molecule has 0 saturated heterocycles. The largest absolute Gasteiger partial charge is 0.573 e. The van der Waals surface area contributed by atoms with Crippen LogP contribution in [0.4, 0.5) is 18.9 Å². The van der Waals surface area contributed by atoms with Crippen LogP contribution in [0, 0.1) is 11.3 Å². The van der Waals surface area contributed by atoms with Gasteiger partial charge in [0.2, 0.25) is 0 Å². The number of alkyl halides is 3. The lowest BCUT2D eigenvalue weighted by Gasteiger charge is -2.16. The van der Waals surface area contributed by atoms with Crippen LogP contribution in [-0.4, -0.2) is 24.5 Å². The Kier molecular flexibility index (Phi) is 6.21. The summed E-state index contributed by atoms with van der Waals surface area (Å²) < 4.78 is 47.9. The Hall–Kier alpha value is -4.71. The molecule has 4 aromatic carbocycles. The monoisotopic (exact) mass is 478 g/mol. The molecule has 176 valence electrons. The number of amides is 1. The molecule has 0 aliphatic rings. The van der Waals surface area contributed by atoms with Gasteiger partial charge in [0, 0.05) is 11.5 Å². The van der Waals surface area contributed by atoms with E-state index in [1.165, 1.54) is 19.2 Å². The highest BCUT2D eigenvalue weighted by Crippen LogP contribution is 2.39. The number of nitriles is 1. The van der Waals surface area contributed by atoms with E-state index in [1.54, 1.807) is 54.6 Å². The Balaban J connectivity index is 1.82. The number of halogens is 3. The number of rotatable bonds is 5. The summed E-state index contributed by atoms with van der Waals surface area (Å²) in [5, 5.41) is 23.3. The lowest BCUT2D eigenvalue weighted by atomic mass is 9.94. The van der Waals surface area contributed by atoms with Crippen LogP contribution in [0.3, 0.4) is 0 Å². The van der Waals surface area contributed by atoms with E-state index in [2.05, 4.69) is 10.1 Å². The standard InChI is InChI=1S/C26H17F3N2O4/c1-34-17-6-4-5-16(12-17)20-13-21(24(32)19-8-3-2-7-18(19)20)25(33)31-22-10-9-15(14-30)11-23(22)35-26(27,28)29/h2-13,32H,1H3,(H,31,33). The lowest BCUT2D eigenvalue weighted by molar-refractivity contribution is -0.274. The van der Waals surface area contributed by atoms with E-state index >= 15 is 0 Å². The molecule has 0 aliphatic heterocycles. The van der Waals surface area contributed by atoms with Crippen molar-refractivity contribution in [1.82, 2.24) is 0 Å². The number of nitrogens with zero attached hydrogens (tertiary/aromatic N) is 1. The Morgan fingerprint density at radius 1 is 1.00 bits per heavy atom. The minimum absolute atomic E-state index is 0.0869. The Morgan fingerprint density at radius 2 is 1.74 bits per heavy atom. The van der Waals surface area contributed by atoms with E-state index in [0.717, 1.165) is 12.1 Å². The number of carbonyl (C=O) groups excluding carboxylic acids is 1. The lowest BCUT2D eigenvalue weighted by Crippen LogP contribution is -2.20. The van der Waals surface area contributed by atoms with Gasteiger partial charge in [0.1, 0.15) is 11.5 Å². The van der Waals surface area contributed by atoms with Crippen LogP contribution in [-0.2, 0) is 0 Å². The molecule has 0 atom stereocenters. The molecule has 6 nitrogen and oxygen atoms in total. The van der Waals surface area contributed by atoms with Crippen LogP contribution < -0.4 is 14.8 Å². The number of nitrogens with one attached hydrogen (secondary N) is 1. The molecule has 4 aromatic rings. The van der Waals surface area contributed by atoms with Gasteiger partial charge >= 0.3 is 6.36 Å². The molecule has 2 N–H and O–H groups in total. The normalized spacial score (nSPS) is 11.1. The summed E-state index contributed by atoms with van der Waals surface area (Å²) in [7, 11) is 1.52. The molecule has 0 aliphatic carbocycles. The average molecular weight is 478 g/mol. The van der Waals surface area contributed by atoms with Gasteiger partial charge in [-0.3, -0.25) is 4.79 Å². The molecule has 0 fully saturated rings. The number of phenols is 1. The van der Waals surface area contributed by atoms with Gasteiger partial charge in [-0.15, -0.1) is 13.2 Å². The molecule has 0 radical (unpaired) electrons. The van der Waals surface area contributed by atoms with E-state index in [-0.39, 0.29) is 22.6 Å². The minimum Gasteiger partial charge on any atom is -0.506 e. The smallest absolute Gasteiger partial charge is 0.506 e. The summed E-state index contributed by atoms with van der Waals surface area (Å²) in [5.41, 5.74) is 0.741. The van der Waals surface area contributed by atoms with Crippen molar-refractivity contribution in [2.75, 3.05) is 12.4 Å². The van der Waals surface area contributed by atoms with Gasteiger partial charge in [0.25, 0.3) is 5.91 Å². The summed E-state index contributed by atoms with van der Waals surface area (Å²) in [4.78, 5) is 13.2. The number of fused-ring (bicyclic) bond motifs is 1. The van der Waals surface area contributed by atoms with E-state index < -0.39 is 18.0 Å². The Bertz CT molecular complexity index is 1480. The summed E-state index contributed by atoms with van der Waals surface area (Å²) in [6, 6.07) is 20.4.